The Labute approximate surface area is 260 Å². The van der Waals surface area contributed by atoms with E-state index in [4.69, 9.17) is 26.4 Å². The van der Waals surface area contributed by atoms with Crippen LogP contribution < -0.4 is 9.47 Å². The van der Waals surface area contributed by atoms with Crippen molar-refractivity contribution in [1.29, 1.82) is 0 Å². The third-order valence-corrected chi connectivity index (χ3v) is 8.18. The van der Waals surface area contributed by atoms with Gasteiger partial charge in [-0.25, -0.2) is 4.79 Å². The number of thiocarbonyl (C=S) groups is 1. The van der Waals surface area contributed by atoms with Crippen LogP contribution in [0.5, 0.6) is 11.5 Å². The maximum Gasteiger partial charge on any atom is 0.333 e. The largest absolute Gasteiger partial charge is 0.490 e. The summed E-state index contributed by atoms with van der Waals surface area (Å²) in [6.07, 6.45) is 2.41. The van der Waals surface area contributed by atoms with E-state index in [1.807, 2.05) is 68.4 Å². The number of ether oxygens (including phenoxy) is 3. The van der Waals surface area contributed by atoms with E-state index in [1.165, 1.54) is 4.90 Å². The molecule has 208 valence electrons. The molecule has 0 aromatic heterocycles. The Morgan fingerprint density at radius 1 is 1.05 bits per heavy atom. The van der Waals surface area contributed by atoms with Gasteiger partial charge in [-0.2, -0.15) is 0 Å². The average Bonchev–Trinajstić information content (AvgIpc) is 3.20. The number of carbonyl (C=O) groups excluding carboxylic acids is 2. The van der Waals surface area contributed by atoms with E-state index in [9.17, 15) is 9.59 Å². The number of carbonyl (C=O) groups is 2. The molecule has 0 radical (unpaired) electrons. The minimum Gasteiger partial charge on any atom is -0.490 e. The molecule has 10 heteroatoms. The van der Waals surface area contributed by atoms with Crippen molar-refractivity contribution in [1.82, 2.24) is 4.90 Å². The Kier molecular flexibility index (Phi) is 10.8. The molecule has 0 saturated carbocycles. The molecule has 1 unspecified atom stereocenters. The predicted octanol–water partition coefficient (Wildman–Crippen LogP) is 8.09. The molecule has 1 saturated heterocycles. The van der Waals surface area contributed by atoms with E-state index < -0.39 is 12.0 Å². The third kappa shape index (κ3) is 7.34. The van der Waals surface area contributed by atoms with Gasteiger partial charge in [-0.05, 0) is 76.3 Å². The molecule has 1 aliphatic heterocycles. The monoisotopic (exact) mass is 703 g/mol. The van der Waals surface area contributed by atoms with Crippen molar-refractivity contribution in [2.75, 3.05) is 13.2 Å². The van der Waals surface area contributed by atoms with Crippen LogP contribution >= 0.6 is 55.8 Å². The standard InChI is InChI=1S/C30H27Br2NO5S2/c1-3-13-37-29(35)26(21-10-6-5-7-11-21)33-28(34)25(40-30(33)39)17-20-15-23(32)27(24(16-20)36-4-2)38-18-19-9-8-12-22(31)14-19/h5-12,14-17,26H,3-4,13,18H2,1-2H3/b25-17+. The molecule has 0 N–H and O–H groups in total. The summed E-state index contributed by atoms with van der Waals surface area (Å²) in [5.74, 6) is 0.230. The molecule has 6 nitrogen and oxygen atoms in total. The lowest BCUT2D eigenvalue weighted by Crippen LogP contribution is -2.38. The molecule has 0 spiro atoms. The van der Waals surface area contributed by atoms with E-state index in [2.05, 4.69) is 31.9 Å². The minimum absolute atomic E-state index is 0.261. The van der Waals surface area contributed by atoms with Gasteiger partial charge in [-0.15, -0.1) is 0 Å². The highest BCUT2D eigenvalue weighted by Gasteiger charge is 2.42. The maximum atomic E-state index is 13.6. The van der Waals surface area contributed by atoms with Gasteiger partial charge in [0.05, 0.1) is 22.6 Å². The zero-order valence-corrected chi connectivity index (χ0v) is 26.7. The fourth-order valence-electron chi connectivity index (χ4n) is 4.02. The zero-order valence-electron chi connectivity index (χ0n) is 21.9. The molecular weight excluding hydrogens is 678 g/mol. The van der Waals surface area contributed by atoms with Gasteiger partial charge in [0, 0.05) is 4.47 Å². The maximum absolute atomic E-state index is 13.6. The lowest BCUT2D eigenvalue weighted by Gasteiger charge is -2.25. The van der Waals surface area contributed by atoms with Crippen LogP contribution in [0.2, 0.25) is 0 Å². The third-order valence-electron chi connectivity index (χ3n) is 5.77. The van der Waals surface area contributed by atoms with E-state index >= 15 is 0 Å². The van der Waals surface area contributed by atoms with Crippen molar-refractivity contribution in [2.24, 2.45) is 0 Å². The molecule has 1 atom stereocenters. The number of hydrogen-bond donors (Lipinski definition) is 0. The molecule has 4 rings (SSSR count). The summed E-state index contributed by atoms with van der Waals surface area (Å²) < 4.78 is 19.4. The SMILES string of the molecule is CCCOC(=O)C(c1ccccc1)N1C(=O)/C(=C\c2cc(Br)c(OCc3cccc(Br)c3)c(OCC)c2)SC1=S. The van der Waals surface area contributed by atoms with Crippen molar-refractivity contribution in [3.05, 3.63) is 97.3 Å². The molecular formula is C30H27Br2NO5S2. The summed E-state index contributed by atoms with van der Waals surface area (Å²) in [5, 5.41) is 0. The summed E-state index contributed by atoms with van der Waals surface area (Å²) >= 11 is 13.8. The van der Waals surface area contributed by atoms with Crippen molar-refractivity contribution in [2.45, 2.75) is 32.9 Å². The molecule has 1 fully saturated rings. The first-order valence-corrected chi connectivity index (χ1v) is 15.5. The molecule has 1 heterocycles. The fraction of sp³-hybridized carbons (Fsp3) is 0.233. The van der Waals surface area contributed by atoms with Crippen LogP contribution in [0.1, 0.15) is 43.0 Å². The smallest absolute Gasteiger partial charge is 0.333 e. The minimum atomic E-state index is -0.967. The Morgan fingerprint density at radius 2 is 1.82 bits per heavy atom. The summed E-state index contributed by atoms with van der Waals surface area (Å²) in [6, 6.07) is 19.7. The summed E-state index contributed by atoms with van der Waals surface area (Å²) in [4.78, 5) is 28.5. The second-order valence-electron chi connectivity index (χ2n) is 8.71. The van der Waals surface area contributed by atoms with Crippen LogP contribution in [0.25, 0.3) is 6.08 Å². The van der Waals surface area contributed by atoms with E-state index in [0.29, 0.717) is 46.1 Å². The highest BCUT2D eigenvalue weighted by Crippen LogP contribution is 2.42. The molecule has 3 aromatic carbocycles. The van der Waals surface area contributed by atoms with Gasteiger partial charge < -0.3 is 14.2 Å². The Bertz CT molecular complexity index is 1430. The molecule has 3 aromatic rings. The van der Waals surface area contributed by atoms with Crippen molar-refractivity contribution < 1.29 is 23.8 Å². The van der Waals surface area contributed by atoms with E-state index in [0.717, 1.165) is 27.4 Å². The Balaban J connectivity index is 1.62. The first-order valence-electron chi connectivity index (χ1n) is 12.6. The van der Waals surface area contributed by atoms with Crippen LogP contribution in [-0.2, 0) is 20.9 Å². The molecule has 40 heavy (non-hydrogen) atoms. The number of esters is 1. The van der Waals surface area contributed by atoms with Crippen LogP contribution in [-0.4, -0.2) is 34.3 Å². The topological polar surface area (TPSA) is 65.1 Å². The first-order chi connectivity index (χ1) is 19.3. The zero-order chi connectivity index (χ0) is 28.6. The first kappa shape index (κ1) is 30.3. The average molecular weight is 705 g/mol. The number of halogens is 2. The van der Waals surface area contributed by atoms with Gasteiger partial charge in [-0.3, -0.25) is 9.69 Å². The fourth-order valence-corrected chi connectivity index (χ4v) is 6.35. The van der Waals surface area contributed by atoms with Gasteiger partial charge in [0.1, 0.15) is 10.9 Å². The Hall–Kier alpha value is -2.66. The molecule has 0 aliphatic carbocycles. The number of thioether (sulfide) groups is 1. The Morgan fingerprint density at radius 3 is 2.52 bits per heavy atom. The highest BCUT2D eigenvalue weighted by atomic mass is 79.9. The van der Waals surface area contributed by atoms with Crippen LogP contribution in [0.15, 0.2) is 80.6 Å². The van der Waals surface area contributed by atoms with Crippen LogP contribution in [0.3, 0.4) is 0 Å². The van der Waals surface area contributed by atoms with Gasteiger partial charge in [-0.1, -0.05) is 89.3 Å². The van der Waals surface area contributed by atoms with Gasteiger partial charge in [0.25, 0.3) is 5.91 Å². The predicted molar refractivity (Wildman–Crippen MR) is 169 cm³/mol. The number of benzene rings is 3. The quantitative estimate of drug-likeness (QED) is 0.114. The van der Waals surface area contributed by atoms with Crippen molar-refractivity contribution in [3.63, 3.8) is 0 Å². The summed E-state index contributed by atoms with van der Waals surface area (Å²) in [6.45, 7) is 4.86. The number of nitrogens with zero attached hydrogens (tertiary/aromatic N) is 1. The van der Waals surface area contributed by atoms with Crippen molar-refractivity contribution in [3.8, 4) is 11.5 Å². The summed E-state index contributed by atoms with van der Waals surface area (Å²) in [5.41, 5.74) is 2.35. The van der Waals surface area contributed by atoms with E-state index in [1.54, 1.807) is 18.2 Å². The lowest BCUT2D eigenvalue weighted by molar-refractivity contribution is -0.151. The second-order valence-corrected chi connectivity index (χ2v) is 12.2. The van der Waals surface area contributed by atoms with Crippen molar-refractivity contribution >= 4 is 78.1 Å². The second kappa shape index (κ2) is 14.3. The number of hydrogen-bond acceptors (Lipinski definition) is 7. The lowest BCUT2D eigenvalue weighted by atomic mass is 10.1. The number of amides is 1. The molecule has 1 aliphatic rings. The van der Waals surface area contributed by atoms with E-state index in [-0.39, 0.29) is 16.8 Å². The molecule has 0 bridgehead atoms. The van der Waals surface area contributed by atoms with Crippen LogP contribution in [0.4, 0.5) is 0 Å². The van der Waals surface area contributed by atoms with Crippen LogP contribution in [0, 0.1) is 0 Å². The number of rotatable bonds is 11. The normalized spacial score (nSPS) is 14.9. The van der Waals surface area contributed by atoms with Gasteiger partial charge >= 0.3 is 5.97 Å². The molecule has 1 amide bonds. The summed E-state index contributed by atoms with van der Waals surface area (Å²) in [7, 11) is 0. The van der Waals surface area contributed by atoms with Gasteiger partial charge in [0.2, 0.25) is 0 Å². The highest BCUT2D eigenvalue weighted by molar-refractivity contribution is 9.10. The van der Waals surface area contributed by atoms with Gasteiger partial charge in [0.15, 0.2) is 17.5 Å².